The van der Waals surface area contributed by atoms with Crippen molar-refractivity contribution in [3.8, 4) is 5.75 Å². The zero-order chi connectivity index (χ0) is 18.9. The molecule has 7 heteroatoms. The van der Waals surface area contributed by atoms with Crippen LogP contribution in [-0.2, 0) is 9.53 Å². The van der Waals surface area contributed by atoms with Crippen molar-refractivity contribution in [2.24, 2.45) is 0 Å². The Labute approximate surface area is 162 Å². The standard InChI is InChI=1S/C19H19Cl2NO4/c1-2-3-10-25-18(23)12-26-15-7-4-13(5-8-15)19(24)22-17-11-14(20)6-9-16(17)21/h4-9,11H,2-3,10,12H2,1H3,(H,22,24). The van der Waals surface area contributed by atoms with Crippen LogP contribution in [0.5, 0.6) is 5.75 Å². The molecule has 2 rings (SSSR count). The molecule has 2 aromatic rings. The molecule has 0 saturated heterocycles. The second-order valence-corrected chi connectivity index (χ2v) is 6.31. The SMILES string of the molecule is CCCCOC(=O)COc1ccc(C(=O)Nc2cc(Cl)ccc2Cl)cc1. The van der Waals surface area contributed by atoms with Crippen LogP contribution in [0.15, 0.2) is 42.5 Å². The van der Waals surface area contributed by atoms with Gasteiger partial charge in [-0.3, -0.25) is 4.79 Å². The minimum atomic E-state index is -0.420. The normalized spacial score (nSPS) is 10.3. The Morgan fingerprint density at radius 1 is 1.08 bits per heavy atom. The first-order valence-electron chi connectivity index (χ1n) is 8.14. The topological polar surface area (TPSA) is 64.6 Å². The molecule has 138 valence electrons. The van der Waals surface area contributed by atoms with Gasteiger partial charge in [0.15, 0.2) is 6.61 Å². The first-order valence-corrected chi connectivity index (χ1v) is 8.90. The summed E-state index contributed by atoms with van der Waals surface area (Å²) in [5, 5.41) is 3.56. The molecule has 0 unspecified atom stereocenters. The fourth-order valence-electron chi connectivity index (χ4n) is 2.00. The van der Waals surface area contributed by atoms with E-state index in [1.165, 1.54) is 0 Å². The Morgan fingerprint density at radius 2 is 1.81 bits per heavy atom. The molecule has 0 heterocycles. The Hall–Kier alpha value is -2.24. The molecule has 0 fully saturated rings. The number of esters is 1. The van der Waals surface area contributed by atoms with Crippen LogP contribution in [0.2, 0.25) is 10.0 Å². The van der Waals surface area contributed by atoms with Crippen molar-refractivity contribution in [1.82, 2.24) is 0 Å². The van der Waals surface area contributed by atoms with E-state index in [-0.39, 0.29) is 12.5 Å². The first kappa shape index (κ1) is 20.1. The molecule has 26 heavy (non-hydrogen) atoms. The molecule has 1 amide bonds. The Bertz CT molecular complexity index is 763. The lowest BCUT2D eigenvalue weighted by molar-refractivity contribution is -0.146. The second kappa shape index (κ2) is 10.0. The summed E-state index contributed by atoms with van der Waals surface area (Å²) < 4.78 is 10.3. The van der Waals surface area contributed by atoms with Crippen LogP contribution in [0.4, 0.5) is 5.69 Å². The van der Waals surface area contributed by atoms with Crippen molar-refractivity contribution in [1.29, 1.82) is 0 Å². The second-order valence-electron chi connectivity index (χ2n) is 5.47. The number of carbonyl (C=O) groups excluding carboxylic acids is 2. The van der Waals surface area contributed by atoms with E-state index >= 15 is 0 Å². The highest BCUT2D eigenvalue weighted by Gasteiger charge is 2.10. The molecule has 0 spiro atoms. The molecule has 5 nitrogen and oxygen atoms in total. The van der Waals surface area contributed by atoms with Crippen molar-refractivity contribution in [3.63, 3.8) is 0 Å². The average molecular weight is 396 g/mol. The van der Waals surface area contributed by atoms with Gasteiger partial charge in [0, 0.05) is 10.6 Å². The zero-order valence-electron chi connectivity index (χ0n) is 14.3. The highest BCUT2D eigenvalue weighted by atomic mass is 35.5. The van der Waals surface area contributed by atoms with Gasteiger partial charge in [-0.05, 0) is 48.9 Å². The average Bonchev–Trinajstić information content (AvgIpc) is 2.63. The number of ether oxygens (including phenoxy) is 2. The minimum Gasteiger partial charge on any atom is -0.482 e. The summed E-state index contributed by atoms with van der Waals surface area (Å²) in [6.45, 7) is 2.24. The smallest absolute Gasteiger partial charge is 0.344 e. The molecular formula is C19H19Cl2NO4. The number of hydrogen-bond acceptors (Lipinski definition) is 4. The lowest BCUT2D eigenvalue weighted by Gasteiger charge is -2.09. The van der Waals surface area contributed by atoms with E-state index < -0.39 is 5.97 Å². The van der Waals surface area contributed by atoms with Gasteiger partial charge in [-0.1, -0.05) is 36.5 Å². The van der Waals surface area contributed by atoms with Crippen LogP contribution in [0, 0.1) is 0 Å². The van der Waals surface area contributed by atoms with Gasteiger partial charge in [-0.25, -0.2) is 4.79 Å². The van der Waals surface area contributed by atoms with Gasteiger partial charge in [0.2, 0.25) is 0 Å². The predicted octanol–water partition coefficient (Wildman–Crippen LogP) is 4.97. The van der Waals surface area contributed by atoms with Gasteiger partial charge in [0.05, 0.1) is 17.3 Å². The van der Waals surface area contributed by atoms with E-state index in [9.17, 15) is 9.59 Å². The number of unbranched alkanes of at least 4 members (excludes halogenated alkanes) is 1. The van der Waals surface area contributed by atoms with Gasteiger partial charge in [-0.15, -0.1) is 0 Å². The molecule has 0 bridgehead atoms. The summed E-state index contributed by atoms with van der Waals surface area (Å²) in [5.74, 6) is -0.287. The fraction of sp³-hybridized carbons (Fsp3) is 0.263. The van der Waals surface area contributed by atoms with E-state index in [2.05, 4.69) is 5.32 Å². The summed E-state index contributed by atoms with van der Waals surface area (Å²) in [6.07, 6.45) is 1.78. The number of anilines is 1. The molecule has 0 aliphatic heterocycles. The van der Waals surface area contributed by atoms with Crippen LogP contribution in [-0.4, -0.2) is 25.1 Å². The molecule has 0 atom stereocenters. The maximum absolute atomic E-state index is 12.3. The largest absolute Gasteiger partial charge is 0.482 e. The number of halogens is 2. The monoisotopic (exact) mass is 395 g/mol. The van der Waals surface area contributed by atoms with Crippen LogP contribution >= 0.6 is 23.2 Å². The quantitative estimate of drug-likeness (QED) is 0.506. The van der Waals surface area contributed by atoms with Crippen molar-refractivity contribution < 1.29 is 19.1 Å². The Morgan fingerprint density at radius 3 is 2.50 bits per heavy atom. The summed E-state index contributed by atoms with van der Waals surface area (Å²) in [7, 11) is 0. The lowest BCUT2D eigenvalue weighted by Crippen LogP contribution is -2.15. The Kier molecular flexibility index (Phi) is 7.75. The van der Waals surface area contributed by atoms with Gasteiger partial charge < -0.3 is 14.8 Å². The number of amides is 1. The number of nitrogens with one attached hydrogen (secondary N) is 1. The molecule has 0 saturated carbocycles. The Balaban J connectivity index is 1.89. The highest BCUT2D eigenvalue weighted by molar-refractivity contribution is 6.35. The van der Waals surface area contributed by atoms with Crippen molar-refractivity contribution in [2.45, 2.75) is 19.8 Å². The summed E-state index contributed by atoms with van der Waals surface area (Å²) in [4.78, 5) is 23.8. The van der Waals surface area contributed by atoms with Gasteiger partial charge in [0.1, 0.15) is 5.75 Å². The van der Waals surface area contributed by atoms with Gasteiger partial charge in [0.25, 0.3) is 5.91 Å². The van der Waals surface area contributed by atoms with Crippen LogP contribution < -0.4 is 10.1 Å². The van der Waals surface area contributed by atoms with Crippen molar-refractivity contribution in [3.05, 3.63) is 58.1 Å². The number of hydrogen-bond donors (Lipinski definition) is 1. The number of benzene rings is 2. The third-order valence-corrected chi connectivity index (χ3v) is 3.98. The van der Waals surface area contributed by atoms with Crippen LogP contribution in [0.25, 0.3) is 0 Å². The first-order chi connectivity index (χ1) is 12.5. The fourth-order valence-corrected chi connectivity index (χ4v) is 2.34. The molecule has 1 N–H and O–H groups in total. The third-order valence-electron chi connectivity index (χ3n) is 3.41. The van der Waals surface area contributed by atoms with E-state index in [0.717, 1.165) is 12.8 Å². The number of rotatable bonds is 8. The third kappa shape index (κ3) is 6.24. The molecule has 0 aliphatic carbocycles. The highest BCUT2D eigenvalue weighted by Crippen LogP contribution is 2.26. The molecule has 0 aliphatic rings. The van der Waals surface area contributed by atoms with E-state index in [4.69, 9.17) is 32.7 Å². The number of carbonyl (C=O) groups is 2. The molecular weight excluding hydrogens is 377 g/mol. The van der Waals surface area contributed by atoms with Crippen LogP contribution in [0.3, 0.4) is 0 Å². The van der Waals surface area contributed by atoms with E-state index in [1.807, 2.05) is 6.92 Å². The van der Waals surface area contributed by atoms with Crippen molar-refractivity contribution >= 4 is 40.8 Å². The minimum absolute atomic E-state index is 0.173. The van der Waals surface area contributed by atoms with Crippen LogP contribution in [0.1, 0.15) is 30.1 Å². The van der Waals surface area contributed by atoms with Crippen molar-refractivity contribution in [2.75, 3.05) is 18.5 Å². The maximum Gasteiger partial charge on any atom is 0.344 e. The summed E-state index contributed by atoms with van der Waals surface area (Å²) >= 11 is 11.9. The molecule has 2 aromatic carbocycles. The van der Waals surface area contributed by atoms with Gasteiger partial charge in [-0.2, -0.15) is 0 Å². The zero-order valence-corrected chi connectivity index (χ0v) is 15.8. The van der Waals surface area contributed by atoms with E-state index in [1.54, 1.807) is 42.5 Å². The molecule has 0 aromatic heterocycles. The maximum atomic E-state index is 12.3. The predicted molar refractivity (Wildman–Crippen MR) is 102 cm³/mol. The molecule has 0 radical (unpaired) electrons. The summed E-state index contributed by atoms with van der Waals surface area (Å²) in [5.41, 5.74) is 0.846. The lowest BCUT2D eigenvalue weighted by atomic mass is 10.2. The van der Waals surface area contributed by atoms with E-state index in [0.29, 0.717) is 33.7 Å². The van der Waals surface area contributed by atoms with Gasteiger partial charge >= 0.3 is 5.97 Å². The summed E-state index contributed by atoms with van der Waals surface area (Å²) in [6, 6.07) is 11.2.